The SMILES string of the molecule is CN(C)CCN(C)S(=O)(=O)c1ccc(CNC2CC2)cc1. The summed E-state index contributed by atoms with van der Waals surface area (Å²) in [7, 11) is 2.11. The van der Waals surface area contributed by atoms with Crippen molar-refractivity contribution in [2.45, 2.75) is 30.3 Å². The minimum Gasteiger partial charge on any atom is -0.310 e. The van der Waals surface area contributed by atoms with Gasteiger partial charge in [0.2, 0.25) is 10.0 Å². The predicted molar refractivity (Wildman–Crippen MR) is 84.7 cm³/mol. The number of hydrogen-bond donors (Lipinski definition) is 1. The summed E-state index contributed by atoms with van der Waals surface area (Å²) in [5, 5.41) is 3.42. The van der Waals surface area contributed by atoms with E-state index in [1.807, 2.05) is 31.1 Å². The smallest absolute Gasteiger partial charge is 0.242 e. The number of rotatable bonds is 8. The largest absolute Gasteiger partial charge is 0.310 e. The Bertz CT molecular complexity index is 551. The lowest BCUT2D eigenvalue weighted by molar-refractivity contribution is 0.358. The number of sulfonamides is 1. The number of nitrogens with one attached hydrogen (secondary N) is 1. The van der Waals surface area contributed by atoms with E-state index in [4.69, 9.17) is 0 Å². The molecule has 0 radical (unpaired) electrons. The van der Waals surface area contributed by atoms with Gasteiger partial charge >= 0.3 is 0 Å². The Hall–Kier alpha value is -0.950. The van der Waals surface area contributed by atoms with Gasteiger partial charge in [-0.3, -0.25) is 0 Å². The van der Waals surface area contributed by atoms with Gasteiger partial charge in [0.1, 0.15) is 0 Å². The van der Waals surface area contributed by atoms with E-state index in [1.54, 1.807) is 19.2 Å². The van der Waals surface area contributed by atoms with Crippen LogP contribution in [0.1, 0.15) is 18.4 Å². The Morgan fingerprint density at radius 1 is 1.10 bits per heavy atom. The number of likely N-dealkylation sites (N-methyl/N-ethyl adjacent to an activating group) is 2. The van der Waals surface area contributed by atoms with Gasteiger partial charge in [0, 0.05) is 32.7 Å². The van der Waals surface area contributed by atoms with Gasteiger partial charge in [-0.15, -0.1) is 0 Å². The fourth-order valence-corrected chi connectivity index (χ4v) is 3.13. The van der Waals surface area contributed by atoms with Crippen LogP contribution in [0.4, 0.5) is 0 Å². The highest BCUT2D eigenvalue weighted by Crippen LogP contribution is 2.20. The zero-order valence-corrected chi connectivity index (χ0v) is 13.9. The van der Waals surface area contributed by atoms with Crippen LogP contribution in [-0.2, 0) is 16.6 Å². The van der Waals surface area contributed by atoms with E-state index in [0.29, 0.717) is 24.0 Å². The van der Waals surface area contributed by atoms with Crippen LogP contribution in [-0.4, -0.2) is 57.9 Å². The van der Waals surface area contributed by atoms with Gasteiger partial charge in [-0.2, -0.15) is 4.31 Å². The molecule has 1 N–H and O–H groups in total. The van der Waals surface area contributed by atoms with E-state index < -0.39 is 10.0 Å². The Kier molecular flexibility index (Phi) is 5.37. The molecule has 1 aromatic rings. The van der Waals surface area contributed by atoms with Crippen molar-refractivity contribution in [3.63, 3.8) is 0 Å². The minimum absolute atomic E-state index is 0.360. The van der Waals surface area contributed by atoms with Gasteiger partial charge < -0.3 is 10.2 Å². The molecule has 0 aliphatic heterocycles. The highest BCUT2D eigenvalue weighted by molar-refractivity contribution is 7.89. The molecule has 1 saturated carbocycles. The molecule has 118 valence electrons. The second kappa shape index (κ2) is 6.87. The van der Waals surface area contributed by atoms with Crippen molar-refractivity contribution in [1.29, 1.82) is 0 Å². The third kappa shape index (κ3) is 4.78. The van der Waals surface area contributed by atoms with Crippen LogP contribution < -0.4 is 5.32 Å². The molecule has 1 aliphatic carbocycles. The van der Waals surface area contributed by atoms with Gasteiger partial charge in [0.15, 0.2) is 0 Å². The van der Waals surface area contributed by atoms with Gasteiger partial charge in [-0.05, 0) is 44.6 Å². The molecule has 0 heterocycles. The molecule has 1 aromatic carbocycles. The maximum Gasteiger partial charge on any atom is 0.242 e. The molecule has 0 bridgehead atoms. The predicted octanol–water partition coefficient (Wildman–Crippen LogP) is 1.12. The molecule has 0 aromatic heterocycles. The number of nitrogens with zero attached hydrogens (tertiary/aromatic N) is 2. The first-order chi connectivity index (χ1) is 9.89. The summed E-state index contributed by atoms with van der Waals surface area (Å²) >= 11 is 0. The lowest BCUT2D eigenvalue weighted by Gasteiger charge is -2.19. The summed E-state index contributed by atoms with van der Waals surface area (Å²) in [6.07, 6.45) is 2.51. The van der Waals surface area contributed by atoms with Crippen molar-refractivity contribution in [3.05, 3.63) is 29.8 Å². The summed E-state index contributed by atoms with van der Waals surface area (Å²) in [5.41, 5.74) is 1.12. The highest BCUT2D eigenvalue weighted by Gasteiger charge is 2.21. The quantitative estimate of drug-likeness (QED) is 0.782. The van der Waals surface area contributed by atoms with E-state index in [2.05, 4.69) is 5.32 Å². The summed E-state index contributed by atoms with van der Waals surface area (Å²) in [4.78, 5) is 2.33. The molecular formula is C15H25N3O2S. The molecule has 1 fully saturated rings. The van der Waals surface area contributed by atoms with Crippen molar-refractivity contribution in [1.82, 2.24) is 14.5 Å². The topological polar surface area (TPSA) is 52.7 Å². The first kappa shape index (κ1) is 16.4. The number of hydrogen-bond acceptors (Lipinski definition) is 4. The average Bonchev–Trinajstić information content (AvgIpc) is 3.27. The summed E-state index contributed by atoms with van der Waals surface area (Å²) < 4.78 is 26.3. The van der Waals surface area contributed by atoms with Crippen molar-refractivity contribution in [3.8, 4) is 0 Å². The molecule has 1 aliphatic rings. The molecular weight excluding hydrogens is 286 g/mol. The fraction of sp³-hybridized carbons (Fsp3) is 0.600. The van der Waals surface area contributed by atoms with Crippen LogP contribution in [0.25, 0.3) is 0 Å². The molecule has 21 heavy (non-hydrogen) atoms. The summed E-state index contributed by atoms with van der Waals surface area (Å²) in [5.74, 6) is 0. The molecule has 0 unspecified atom stereocenters. The molecule has 0 saturated heterocycles. The van der Waals surface area contributed by atoms with Crippen LogP contribution >= 0.6 is 0 Å². The zero-order valence-electron chi connectivity index (χ0n) is 13.0. The third-order valence-corrected chi connectivity index (χ3v) is 5.54. The lowest BCUT2D eigenvalue weighted by atomic mass is 10.2. The van der Waals surface area contributed by atoms with Crippen molar-refractivity contribution < 1.29 is 8.42 Å². The van der Waals surface area contributed by atoms with Crippen LogP contribution in [0.15, 0.2) is 29.2 Å². The maximum atomic E-state index is 12.4. The highest BCUT2D eigenvalue weighted by atomic mass is 32.2. The van der Waals surface area contributed by atoms with Gasteiger partial charge in [-0.25, -0.2) is 8.42 Å². The first-order valence-corrected chi connectivity index (χ1v) is 8.77. The molecule has 5 nitrogen and oxygen atoms in total. The molecule has 2 rings (SSSR count). The maximum absolute atomic E-state index is 12.4. The standard InChI is InChI=1S/C15H25N3O2S/c1-17(2)10-11-18(3)21(19,20)15-8-4-13(5-9-15)12-16-14-6-7-14/h4-5,8-9,14,16H,6-7,10-12H2,1-3H3. The lowest BCUT2D eigenvalue weighted by Crippen LogP contribution is -2.33. The molecule has 6 heteroatoms. The normalized spacial score (nSPS) is 15.9. The molecule has 0 amide bonds. The van der Waals surface area contributed by atoms with Gasteiger partial charge in [0.05, 0.1) is 4.90 Å². The molecule has 0 spiro atoms. The van der Waals surface area contributed by atoms with E-state index >= 15 is 0 Å². The monoisotopic (exact) mass is 311 g/mol. The first-order valence-electron chi connectivity index (χ1n) is 7.33. The summed E-state index contributed by atoms with van der Waals surface area (Å²) in [6, 6.07) is 7.84. The van der Waals surface area contributed by atoms with E-state index in [1.165, 1.54) is 17.1 Å². The second-order valence-electron chi connectivity index (χ2n) is 5.93. The van der Waals surface area contributed by atoms with Crippen LogP contribution in [0.3, 0.4) is 0 Å². The average molecular weight is 311 g/mol. The Morgan fingerprint density at radius 3 is 2.24 bits per heavy atom. The van der Waals surface area contributed by atoms with Crippen molar-refractivity contribution >= 4 is 10.0 Å². The Balaban J connectivity index is 1.98. The van der Waals surface area contributed by atoms with Crippen LogP contribution in [0, 0.1) is 0 Å². The summed E-state index contributed by atoms with van der Waals surface area (Å²) in [6.45, 7) is 2.00. The van der Waals surface area contributed by atoms with Crippen molar-refractivity contribution in [2.24, 2.45) is 0 Å². The van der Waals surface area contributed by atoms with E-state index in [-0.39, 0.29) is 0 Å². The van der Waals surface area contributed by atoms with Gasteiger partial charge in [-0.1, -0.05) is 12.1 Å². The van der Waals surface area contributed by atoms with Crippen molar-refractivity contribution in [2.75, 3.05) is 34.2 Å². The van der Waals surface area contributed by atoms with E-state index in [0.717, 1.165) is 12.1 Å². The Labute approximate surface area is 128 Å². The van der Waals surface area contributed by atoms with Gasteiger partial charge in [0.25, 0.3) is 0 Å². The second-order valence-corrected chi connectivity index (χ2v) is 7.97. The van der Waals surface area contributed by atoms with Crippen LogP contribution in [0.5, 0.6) is 0 Å². The fourth-order valence-electron chi connectivity index (χ4n) is 1.97. The third-order valence-electron chi connectivity index (χ3n) is 3.67. The Morgan fingerprint density at radius 2 is 1.71 bits per heavy atom. The number of benzene rings is 1. The zero-order chi connectivity index (χ0) is 15.5. The van der Waals surface area contributed by atoms with E-state index in [9.17, 15) is 8.42 Å². The van der Waals surface area contributed by atoms with Crippen LogP contribution in [0.2, 0.25) is 0 Å². The molecule has 0 atom stereocenters. The minimum atomic E-state index is -3.38.